The minimum atomic E-state index is -0.157. The van der Waals surface area contributed by atoms with Gasteiger partial charge in [-0.25, -0.2) is 9.80 Å². The lowest BCUT2D eigenvalue weighted by molar-refractivity contribution is 0.0617. The fourth-order valence-electron chi connectivity index (χ4n) is 3.34. The Labute approximate surface area is 134 Å². The minimum absolute atomic E-state index is 0.0422. The smallest absolute Gasteiger partial charge is 0.329 e. The predicted octanol–water partition coefficient (Wildman–Crippen LogP) is 3.04. The van der Waals surface area contributed by atoms with Crippen LogP contribution in [0.2, 0.25) is 5.02 Å². The number of hydrazine groups is 1. The van der Waals surface area contributed by atoms with Gasteiger partial charge in [0.1, 0.15) is 0 Å². The number of fused-ring (bicyclic) bond motifs is 2. The van der Waals surface area contributed by atoms with Crippen molar-refractivity contribution in [1.82, 2.24) is 15.8 Å². The zero-order valence-electron chi connectivity index (χ0n) is 11.9. The fraction of sp³-hybridized carbons (Fsp3) is 0.235. The first-order chi connectivity index (χ1) is 10.7. The van der Waals surface area contributed by atoms with Gasteiger partial charge in [-0.2, -0.15) is 0 Å². The molecule has 5 heteroatoms. The maximum absolute atomic E-state index is 12.0. The van der Waals surface area contributed by atoms with Crippen LogP contribution in [0.1, 0.15) is 22.7 Å². The Kier molecular flexibility index (Phi) is 3.28. The van der Waals surface area contributed by atoms with Crippen molar-refractivity contribution in [3.05, 3.63) is 70.2 Å². The molecular weight excluding hydrogens is 298 g/mol. The number of carbonyl (C=O) groups excluding carboxylic acids is 1. The van der Waals surface area contributed by atoms with Crippen LogP contribution in [0.5, 0.6) is 0 Å². The molecule has 2 heterocycles. The summed E-state index contributed by atoms with van der Waals surface area (Å²) in [5.74, 6) is 0. The zero-order chi connectivity index (χ0) is 15.1. The molecule has 0 spiro atoms. The van der Waals surface area contributed by atoms with Crippen molar-refractivity contribution in [2.75, 3.05) is 0 Å². The highest BCUT2D eigenvalue weighted by Crippen LogP contribution is 2.32. The fourth-order valence-corrected chi connectivity index (χ4v) is 3.47. The second kappa shape index (κ2) is 5.30. The highest BCUT2D eigenvalue weighted by atomic mass is 35.5. The van der Waals surface area contributed by atoms with Crippen molar-refractivity contribution in [3.63, 3.8) is 0 Å². The van der Waals surface area contributed by atoms with E-state index in [-0.39, 0.29) is 18.1 Å². The molecule has 0 aliphatic carbocycles. The van der Waals surface area contributed by atoms with Crippen LogP contribution in [0.15, 0.2) is 48.5 Å². The van der Waals surface area contributed by atoms with Gasteiger partial charge in [-0.1, -0.05) is 48.0 Å². The number of nitrogens with one attached hydrogen (secondary N) is 2. The van der Waals surface area contributed by atoms with Gasteiger partial charge in [0.2, 0.25) is 0 Å². The van der Waals surface area contributed by atoms with Crippen molar-refractivity contribution in [2.24, 2.45) is 0 Å². The number of hydrogen-bond acceptors (Lipinski definition) is 2. The highest BCUT2D eigenvalue weighted by molar-refractivity contribution is 6.30. The quantitative estimate of drug-likeness (QED) is 0.850. The van der Waals surface area contributed by atoms with Crippen LogP contribution in [-0.2, 0) is 13.0 Å². The summed E-state index contributed by atoms with van der Waals surface area (Å²) in [5.41, 5.74) is 6.63. The molecule has 4 nitrogen and oxygen atoms in total. The highest BCUT2D eigenvalue weighted by Gasteiger charge is 2.38. The summed E-state index contributed by atoms with van der Waals surface area (Å²) in [6.45, 7) is 0.734. The molecule has 1 saturated heterocycles. The first kappa shape index (κ1) is 13.6. The Bertz CT molecular complexity index is 716. The number of nitrogens with zero attached hydrogens (tertiary/aromatic N) is 1. The SMILES string of the molecule is O=C1NC(c2ccc(Cl)cc2)C2Cc3ccccc3CN2N1. The Balaban J connectivity index is 1.70. The number of halogens is 1. The van der Waals surface area contributed by atoms with Crippen LogP contribution in [0.3, 0.4) is 0 Å². The van der Waals surface area contributed by atoms with E-state index in [1.54, 1.807) is 0 Å². The van der Waals surface area contributed by atoms with E-state index in [4.69, 9.17) is 11.6 Å². The molecule has 0 radical (unpaired) electrons. The average molecular weight is 314 g/mol. The third-order valence-electron chi connectivity index (χ3n) is 4.43. The van der Waals surface area contributed by atoms with E-state index < -0.39 is 0 Å². The molecule has 2 aromatic rings. The largest absolute Gasteiger partial charge is 0.329 e. The van der Waals surface area contributed by atoms with Gasteiger partial charge in [-0.15, -0.1) is 0 Å². The second-order valence-electron chi connectivity index (χ2n) is 5.78. The molecular formula is C17H16ClN3O. The summed E-state index contributed by atoms with van der Waals surface area (Å²) >= 11 is 5.97. The lowest BCUT2D eigenvalue weighted by Crippen LogP contribution is -2.63. The van der Waals surface area contributed by atoms with Crippen LogP contribution in [0.4, 0.5) is 4.79 Å². The average Bonchev–Trinajstić information content (AvgIpc) is 2.53. The van der Waals surface area contributed by atoms with E-state index in [0.717, 1.165) is 18.5 Å². The van der Waals surface area contributed by atoms with Gasteiger partial charge in [0, 0.05) is 11.6 Å². The number of urea groups is 1. The van der Waals surface area contributed by atoms with E-state index in [1.165, 1.54) is 11.1 Å². The Morgan fingerprint density at radius 1 is 1.05 bits per heavy atom. The monoisotopic (exact) mass is 313 g/mol. The molecule has 22 heavy (non-hydrogen) atoms. The van der Waals surface area contributed by atoms with E-state index in [1.807, 2.05) is 35.3 Å². The second-order valence-corrected chi connectivity index (χ2v) is 6.22. The number of carbonyl (C=O) groups is 1. The van der Waals surface area contributed by atoms with Gasteiger partial charge in [-0.3, -0.25) is 5.43 Å². The molecule has 2 aliphatic rings. The topological polar surface area (TPSA) is 44.4 Å². The van der Waals surface area contributed by atoms with Gasteiger partial charge in [-0.05, 0) is 35.2 Å². The molecule has 1 fully saturated rings. The van der Waals surface area contributed by atoms with Crippen molar-refractivity contribution >= 4 is 17.6 Å². The van der Waals surface area contributed by atoms with Gasteiger partial charge in [0.15, 0.2) is 0 Å². The Hall–Kier alpha value is -2.04. The molecule has 4 rings (SSSR count). The van der Waals surface area contributed by atoms with Crippen LogP contribution in [-0.4, -0.2) is 17.1 Å². The molecule has 2 atom stereocenters. The summed E-state index contributed by atoms with van der Waals surface area (Å²) in [5, 5.41) is 5.79. The Morgan fingerprint density at radius 3 is 2.55 bits per heavy atom. The van der Waals surface area contributed by atoms with Crippen LogP contribution >= 0.6 is 11.6 Å². The van der Waals surface area contributed by atoms with Crippen molar-refractivity contribution < 1.29 is 4.79 Å². The first-order valence-electron chi connectivity index (χ1n) is 7.37. The van der Waals surface area contributed by atoms with E-state index in [2.05, 4.69) is 28.9 Å². The van der Waals surface area contributed by atoms with Crippen molar-refractivity contribution in [1.29, 1.82) is 0 Å². The van der Waals surface area contributed by atoms with Crippen LogP contribution < -0.4 is 10.7 Å². The van der Waals surface area contributed by atoms with Crippen molar-refractivity contribution in [2.45, 2.75) is 25.0 Å². The van der Waals surface area contributed by atoms with Gasteiger partial charge >= 0.3 is 6.03 Å². The molecule has 112 valence electrons. The number of rotatable bonds is 1. The molecule has 0 bridgehead atoms. The first-order valence-corrected chi connectivity index (χ1v) is 7.74. The number of benzene rings is 2. The zero-order valence-corrected chi connectivity index (χ0v) is 12.7. The molecule has 2 unspecified atom stereocenters. The third kappa shape index (κ3) is 2.34. The Morgan fingerprint density at radius 2 is 1.77 bits per heavy atom. The standard InChI is InChI=1S/C17H16ClN3O/c18-14-7-5-11(6-8-14)16-15-9-12-3-1-2-4-13(12)10-21(15)20-17(22)19-16/h1-8,15-16H,9-10H2,(H2,19,20,22). The number of hydrogen-bond donors (Lipinski definition) is 2. The molecule has 2 N–H and O–H groups in total. The summed E-state index contributed by atoms with van der Waals surface area (Å²) in [6, 6.07) is 16.1. The molecule has 0 saturated carbocycles. The summed E-state index contributed by atoms with van der Waals surface area (Å²) < 4.78 is 0. The molecule has 0 aromatic heterocycles. The van der Waals surface area contributed by atoms with E-state index in [9.17, 15) is 4.79 Å². The van der Waals surface area contributed by atoms with E-state index in [0.29, 0.717) is 5.02 Å². The normalized spacial score (nSPS) is 24.0. The minimum Gasteiger partial charge on any atom is -0.329 e. The lowest BCUT2D eigenvalue weighted by Gasteiger charge is -2.45. The molecule has 2 aliphatic heterocycles. The molecule has 2 amide bonds. The van der Waals surface area contributed by atoms with Crippen LogP contribution in [0.25, 0.3) is 0 Å². The van der Waals surface area contributed by atoms with Gasteiger partial charge < -0.3 is 5.32 Å². The maximum Gasteiger partial charge on any atom is 0.329 e. The summed E-state index contributed by atoms with van der Waals surface area (Å²) in [7, 11) is 0. The van der Waals surface area contributed by atoms with Crippen LogP contribution in [0, 0.1) is 0 Å². The van der Waals surface area contributed by atoms with Gasteiger partial charge in [0.05, 0.1) is 12.1 Å². The van der Waals surface area contributed by atoms with Crippen molar-refractivity contribution in [3.8, 4) is 0 Å². The lowest BCUT2D eigenvalue weighted by atomic mass is 9.87. The summed E-state index contributed by atoms with van der Waals surface area (Å²) in [6.07, 6.45) is 0.900. The predicted molar refractivity (Wildman–Crippen MR) is 85.3 cm³/mol. The van der Waals surface area contributed by atoms with E-state index >= 15 is 0 Å². The van der Waals surface area contributed by atoms with Gasteiger partial charge in [0.25, 0.3) is 0 Å². The summed E-state index contributed by atoms with van der Waals surface area (Å²) in [4.78, 5) is 12.0. The third-order valence-corrected chi connectivity index (χ3v) is 4.69. The number of amides is 2. The molecule has 2 aromatic carbocycles. The maximum atomic E-state index is 12.0.